The fourth-order valence-corrected chi connectivity index (χ4v) is 1.88. The van der Waals surface area contributed by atoms with Crippen molar-refractivity contribution in [1.29, 1.82) is 0 Å². The minimum atomic E-state index is -4.39. The topological polar surface area (TPSA) is 42.2 Å². The van der Waals surface area contributed by atoms with Crippen molar-refractivity contribution in [2.75, 3.05) is 0 Å². The Balaban J connectivity index is 2.36. The van der Waals surface area contributed by atoms with E-state index in [4.69, 9.17) is 0 Å². The van der Waals surface area contributed by atoms with Crippen molar-refractivity contribution in [1.82, 2.24) is 4.57 Å². The van der Waals surface area contributed by atoms with E-state index in [1.54, 1.807) is 6.07 Å². The van der Waals surface area contributed by atoms with Crippen LogP contribution in [0.1, 0.15) is 16.8 Å². The van der Waals surface area contributed by atoms with Crippen LogP contribution in [0.3, 0.4) is 0 Å². The van der Waals surface area contributed by atoms with Crippen molar-refractivity contribution in [2.45, 2.75) is 19.6 Å². The number of pyridine rings is 1. The lowest BCUT2D eigenvalue weighted by atomic mass is 10.1. The molecule has 0 bridgehead atoms. The highest BCUT2D eigenvalue weighted by molar-refractivity contribution is 5.29. The van der Waals surface area contributed by atoms with Gasteiger partial charge in [0.15, 0.2) is 5.75 Å². The molecule has 0 aliphatic carbocycles. The molecule has 0 aliphatic heterocycles. The Morgan fingerprint density at radius 3 is 2.60 bits per heavy atom. The van der Waals surface area contributed by atoms with E-state index in [2.05, 4.69) is 0 Å². The van der Waals surface area contributed by atoms with Gasteiger partial charge in [-0.1, -0.05) is 12.1 Å². The van der Waals surface area contributed by atoms with Gasteiger partial charge in [-0.15, -0.1) is 0 Å². The number of alkyl halides is 3. The number of nitrogens with zero attached hydrogens (tertiary/aromatic N) is 1. The van der Waals surface area contributed by atoms with Gasteiger partial charge in [0.2, 0.25) is 5.43 Å². The van der Waals surface area contributed by atoms with Gasteiger partial charge in [-0.05, 0) is 24.6 Å². The van der Waals surface area contributed by atoms with Crippen molar-refractivity contribution in [3.63, 3.8) is 0 Å². The third-order valence-electron chi connectivity index (χ3n) is 3.02. The summed E-state index contributed by atoms with van der Waals surface area (Å²) in [5.41, 5.74) is -0.485. The quantitative estimate of drug-likeness (QED) is 0.920. The van der Waals surface area contributed by atoms with Crippen molar-refractivity contribution < 1.29 is 18.3 Å². The second-order valence-electron chi connectivity index (χ2n) is 4.44. The highest BCUT2D eigenvalue weighted by atomic mass is 19.4. The van der Waals surface area contributed by atoms with E-state index in [9.17, 15) is 23.1 Å². The molecule has 0 aliphatic rings. The molecule has 20 heavy (non-hydrogen) atoms. The molecule has 0 unspecified atom stereocenters. The van der Waals surface area contributed by atoms with Gasteiger partial charge in [-0.25, -0.2) is 0 Å². The fourth-order valence-electron chi connectivity index (χ4n) is 1.88. The molecule has 0 saturated heterocycles. The summed E-state index contributed by atoms with van der Waals surface area (Å²) in [5, 5.41) is 9.54. The normalized spacial score (nSPS) is 11.6. The summed E-state index contributed by atoms with van der Waals surface area (Å²) in [5.74, 6) is -0.389. The molecular formula is C14H12F3NO2. The highest BCUT2D eigenvalue weighted by Crippen LogP contribution is 2.29. The van der Waals surface area contributed by atoms with Crippen LogP contribution < -0.4 is 5.43 Å². The van der Waals surface area contributed by atoms with Crippen LogP contribution in [0.25, 0.3) is 0 Å². The van der Waals surface area contributed by atoms with Crippen LogP contribution in [-0.4, -0.2) is 9.67 Å². The smallest absolute Gasteiger partial charge is 0.416 e. The predicted octanol–water partition coefficient (Wildman–Crippen LogP) is 2.93. The van der Waals surface area contributed by atoms with E-state index in [0.29, 0.717) is 11.3 Å². The van der Waals surface area contributed by atoms with Crippen LogP contribution in [0.5, 0.6) is 5.75 Å². The van der Waals surface area contributed by atoms with Gasteiger partial charge in [0.1, 0.15) is 0 Å². The number of rotatable bonds is 2. The van der Waals surface area contributed by atoms with Crippen molar-refractivity contribution in [3.05, 3.63) is 63.6 Å². The van der Waals surface area contributed by atoms with Crippen molar-refractivity contribution in [3.8, 4) is 5.75 Å². The Morgan fingerprint density at radius 2 is 1.95 bits per heavy atom. The Bertz CT molecular complexity index is 690. The summed E-state index contributed by atoms with van der Waals surface area (Å²) in [4.78, 5) is 11.2. The molecule has 1 heterocycles. The number of aromatic hydroxyl groups is 1. The van der Waals surface area contributed by atoms with Crippen LogP contribution in [-0.2, 0) is 12.7 Å². The van der Waals surface area contributed by atoms with E-state index in [1.807, 2.05) is 0 Å². The summed E-state index contributed by atoms with van der Waals surface area (Å²) >= 11 is 0. The van der Waals surface area contributed by atoms with E-state index >= 15 is 0 Å². The minimum Gasteiger partial charge on any atom is -0.503 e. The average molecular weight is 283 g/mol. The molecular weight excluding hydrogens is 271 g/mol. The van der Waals surface area contributed by atoms with Gasteiger partial charge in [-0.2, -0.15) is 13.2 Å². The zero-order valence-corrected chi connectivity index (χ0v) is 10.6. The molecule has 1 N–H and O–H groups in total. The monoisotopic (exact) mass is 283 g/mol. The molecule has 0 amide bonds. The van der Waals surface area contributed by atoms with Gasteiger partial charge in [0, 0.05) is 18.8 Å². The molecule has 2 aromatic rings. The number of hydrogen-bond acceptors (Lipinski definition) is 2. The maximum absolute atomic E-state index is 12.6. The van der Waals surface area contributed by atoms with E-state index in [-0.39, 0.29) is 12.3 Å². The van der Waals surface area contributed by atoms with Gasteiger partial charge >= 0.3 is 6.18 Å². The maximum atomic E-state index is 12.6. The van der Waals surface area contributed by atoms with Gasteiger partial charge in [0.25, 0.3) is 0 Å². The molecule has 0 spiro atoms. The first-order valence-electron chi connectivity index (χ1n) is 5.84. The SMILES string of the molecule is Cc1c(O)c(=O)ccn1Cc1cccc(C(F)(F)F)c1. The van der Waals surface area contributed by atoms with Crippen molar-refractivity contribution >= 4 is 0 Å². The largest absolute Gasteiger partial charge is 0.503 e. The molecule has 2 rings (SSSR count). The molecule has 0 saturated carbocycles. The lowest BCUT2D eigenvalue weighted by Gasteiger charge is -2.13. The molecule has 0 radical (unpaired) electrons. The van der Waals surface area contributed by atoms with Gasteiger partial charge < -0.3 is 9.67 Å². The second-order valence-corrected chi connectivity index (χ2v) is 4.44. The lowest BCUT2D eigenvalue weighted by Crippen LogP contribution is -2.11. The third-order valence-corrected chi connectivity index (χ3v) is 3.02. The maximum Gasteiger partial charge on any atom is 0.416 e. The van der Waals surface area contributed by atoms with Crippen LogP contribution in [0.4, 0.5) is 13.2 Å². The number of benzene rings is 1. The first-order valence-corrected chi connectivity index (χ1v) is 5.84. The van der Waals surface area contributed by atoms with Gasteiger partial charge in [0.05, 0.1) is 11.3 Å². The first-order chi connectivity index (χ1) is 9.29. The molecule has 1 aromatic carbocycles. The minimum absolute atomic E-state index is 0.142. The fraction of sp³-hybridized carbons (Fsp3) is 0.214. The summed E-state index contributed by atoms with van der Waals surface area (Å²) in [7, 11) is 0. The summed E-state index contributed by atoms with van der Waals surface area (Å²) in [6.07, 6.45) is -2.95. The third kappa shape index (κ3) is 2.84. The number of halogens is 3. The van der Waals surface area contributed by atoms with Crippen LogP contribution in [0.2, 0.25) is 0 Å². The summed E-state index contributed by atoms with van der Waals surface area (Å²) in [6.45, 7) is 1.67. The molecule has 6 heteroatoms. The Kier molecular flexibility index (Phi) is 3.57. The summed E-state index contributed by atoms with van der Waals surface area (Å²) < 4.78 is 39.4. The Morgan fingerprint density at radius 1 is 1.25 bits per heavy atom. The second kappa shape index (κ2) is 5.03. The molecule has 1 aromatic heterocycles. The lowest BCUT2D eigenvalue weighted by molar-refractivity contribution is -0.137. The molecule has 0 atom stereocenters. The van der Waals surface area contributed by atoms with Crippen LogP contribution in [0, 0.1) is 6.92 Å². The Hall–Kier alpha value is -2.24. The zero-order chi connectivity index (χ0) is 14.9. The average Bonchev–Trinajstić information content (AvgIpc) is 2.39. The van der Waals surface area contributed by atoms with Crippen LogP contribution >= 0.6 is 0 Å². The van der Waals surface area contributed by atoms with Gasteiger partial charge in [-0.3, -0.25) is 4.79 Å². The first kappa shape index (κ1) is 14.2. The molecule has 106 valence electrons. The predicted molar refractivity (Wildman–Crippen MR) is 67.6 cm³/mol. The standard InChI is InChI=1S/C14H12F3NO2/c1-9-13(20)12(19)5-6-18(9)8-10-3-2-4-11(7-10)14(15,16)17/h2-7,20H,8H2,1H3. The van der Waals surface area contributed by atoms with Crippen molar-refractivity contribution in [2.24, 2.45) is 0 Å². The Labute approximate surface area is 112 Å². The van der Waals surface area contributed by atoms with E-state index < -0.39 is 17.2 Å². The number of aromatic nitrogens is 1. The van der Waals surface area contributed by atoms with E-state index in [0.717, 1.165) is 12.1 Å². The zero-order valence-electron chi connectivity index (χ0n) is 10.6. The molecule has 3 nitrogen and oxygen atoms in total. The summed E-state index contributed by atoms with van der Waals surface area (Å²) in [6, 6.07) is 6.11. The van der Waals surface area contributed by atoms with Crippen LogP contribution in [0.15, 0.2) is 41.3 Å². The van der Waals surface area contributed by atoms with E-state index in [1.165, 1.54) is 29.8 Å². The molecule has 0 fully saturated rings. The number of hydrogen-bond donors (Lipinski definition) is 1. The highest BCUT2D eigenvalue weighted by Gasteiger charge is 2.30.